The maximum Gasteiger partial charge on any atom is 0.222 e. The largest absolute Gasteiger partial charge is 0.341 e. The minimum Gasteiger partial charge on any atom is -0.341 e. The van der Waals surface area contributed by atoms with Crippen LogP contribution in [-0.4, -0.2) is 48.4 Å². The Morgan fingerprint density at radius 1 is 1.20 bits per heavy atom. The van der Waals surface area contributed by atoms with Crippen molar-refractivity contribution in [3.63, 3.8) is 0 Å². The highest BCUT2D eigenvalue weighted by atomic mass is 32.1. The highest BCUT2D eigenvalue weighted by molar-refractivity contribution is 7.09. The van der Waals surface area contributed by atoms with Crippen LogP contribution in [0.1, 0.15) is 29.7 Å². The van der Waals surface area contributed by atoms with E-state index >= 15 is 0 Å². The molecule has 0 N–H and O–H groups in total. The fraction of sp³-hybridized carbons (Fsp3) is 0.476. The quantitative estimate of drug-likeness (QED) is 0.752. The van der Waals surface area contributed by atoms with Crippen molar-refractivity contribution in [2.75, 3.05) is 26.7 Å². The van der Waals surface area contributed by atoms with Crippen molar-refractivity contribution in [1.29, 1.82) is 0 Å². The number of likely N-dealkylation sites (tertiary alicyclic amines) is 1. The first kappa shape index (κ1) is 18.2. The van der Waals surface area contributed by atoms with Gasteiger partial charge in [0.1, 0.15) is 0 Å². The van der Waals surface area contributed by atoms with Crippen molar-refractivity contribution < 1.29 is 4.79 Å². The molecule has 25 heavy (non-hydrogen) atoms. The summed E-state index contributed by atoms with van der Waals surface area (Å²) in [6, 6.07) is 15.3. The van der Waals surface area contributed by atoms with Crippen molar-refractivity contribution in [1.82, 2.24) is 9.80 Å². The van der Waals surface area contributed by atoms with Crippen LogP contribution in [0, 0.1) is 0 Å². The van der Waals surface area contributed by atoms with Crippen molar-refractivity contribution in [2.24, 2.45) is 0 Å². The summed E-state index contributed by atoms with van der Waals surface area (Å²) >= 11 is 1.74. The molecule has 0 unspecified atom stereocenters. The smallest absolute Gasteiger partial charge is 0.222 e. The zero-order chi connectivity index (χ0) is 17.5. The molecule has 3 nitrogen and oxygen atoms in total. The van der Waals surface area contributed by atoms with Gasteiger partial charge in [0.25, 0.3) is 0 Å². The van der Waals surface area contributed by atoms with Crippen LogP contribution in [0.4, 0.5) is 0 Å². The number of hydrogen-bond acceptors (Lipinski definition) is 3. The van der Waals surface area contributed by atoms with Crippen LogP contribution in [0.25, 0.3) is 0 Å². The third-order valence-electron chi connectivity index (χ3n) is 5.13. The van der Waals surface area contributed by atoms with E-state index in [0.29, 0.717) is 18.4 Å². The van der Waals surface area contributed by atoms with Crippen LogP contribution in [0.5, 0.6) is 0 Å². The molecule has 0 bridgehead atoms. The summed E-state index contributed by atoms with van der Waals surface area (Å²) in [6.45, 7) is 2.85. The molecule has 2 heterocycles. The molecule has 1 aromatic carbocycles. The van der Waals surface area contributed by atoms with Crippen molar-refractivity contribution in [3.05, 3.63) is 58.3 Å². The van der Waals surface area contributed by atoms with Gasteiger partial charge in [0, 0.05) is 37.0 Å². The minimum atomic E-state index is 0.314. The Bertz CT molecular complexity index is 641. The number of amides is 1. The van der Waals surface area contributed by atoms with Crippen LogP contribution in [0.3, 0.4) is 0 Å². The summed E-state index contributed by atoms with van der Waals surface area (Å²) in [4.78, 5) is 18.4. The molecule has 3 rings (SSSR count). The lowest BCUT2D eigenvalue weighted by atomic mass is 10.0. The first-order valence-corrected chi connectivity index (χ1v) is 10.1. The molecular formula is C21H28N2OS. The van der Waals surface area contributed by atoms with E-state index in [4.69, 9.17) is 0 Å². The van der Waals surface area contributed by atoms with Gasteiger partial charge >= 0.3 is 0 Å². The first-order valence-electron chi connectivity index (χ1n) is 9.26. The Morgan fingerprint density at radius 3 is 2.80 bits per heavy atom. The summed E-state index contributed by atoms with van der Waals surface area (Å²) in [5, 5.41) is 2.08. The molecular weight excluding hydrogens is 328 g/mol. The fourth-order valence-electron chi connectivity index (χ4n) is 3.52. The predicted molar refractivity (Wildman–Crippen MR) is 105 cm³/mol. The average molecular weight is 357 g/mol. The molecule has 1 fully saturated rings. The first-order chi connectivity index (χ1) is 12.2. The maximum absolute atomic E-state index is 12.6. The van der Waals surface area contributed by atoms with Gasteiger partial charge in [0.15, 0.2) is 0 Å². The van der Waals surface area contributed by atoms with E-state index in [9.17, 15) is 4.79 Å². The molecule has 0 saturated carbocycles. The maximum atomic E-state index is 12.6. The lowest BCUT2D eigenvalue weighted by Gasteiger charge is -2.37. The van der Waals surface area contributed by atoms with Gasteiger partial charge < -0.3 is 9.80 Å². The second-order valence-corrected chi connectivity index (χ2v) is 7.96. The van der Waals surface area contributed by atoms with Crippen LogP contribution in [0.2, 0.25) is 0 Å². The van der Waals surface area contributed by atoms with Crippen LogP contribution < -0.4 is 0 Å². The van der Waals surface area contributed by atoms with Gasteiger partial charge in [-0.25, -0.2) is 0 Å². The van der Waals surface area contributed by atoms with Crippen LogP contribution in [0.15, 0.2) is 47.8 Å². The zero-order valence-electron chi connectivity index (χ0n) is 15.1. The van der Waals surface area contributed by atoms with E-state index in [1.165, 1.54) is 16.9 Å². The number of carbonyl (C=O) groups is 1. The summed E-state index contributed by atoms with van der Waals surface area (Å²) in [7, 11) is 2.20. The highest BCUT2D eigenvalue weighted by Gasteiger charge is 2.25. The average Bonchev–Trinajstić information content (AvgIpc) is 3.18. The van der Waals surface area contributed by atoms with Crippen molar-refractivity contribution in [2.45, 2.75) is 38.1 Å². The highest BCUT2D eigenvalue weighted by Crippen LogP contribution is 2.18. The second kappa shape index (κ2) is 9.16. The zero-order valence-corrected chi connectivity index (χ0v) is 15.9. The Balaban J connectivity index is 1.45. The Hall–Kier alpha value is -1.65. The molecule has 134 valence electrons. The second-order valence-electron chi connectivity index (χ2n) is 6.93. The number of benzene rings is 1. The topological polar surface area (TPSA) is 23.6 Å². The Morgan fingerprint density at radius 2 is 2.04 bits per heavy atom. The van der Waals surface area contributed by atoms with Gasteiger partial charge in [0.2, 0.25) is 5.91 Å². The lowest BCUT2D eigenvalue weighted by molar-refractivity contribution is -0.133. The number of rotatable bonds is 7. The van der Waals surface area contributed by atoms with Crippen LogP contribution in [-0.2, 0) is 17.6 Å². The standard InChI is InChI=1S/C21H28N2OS/c1-22(15-13-18-7-3-2-4-8-18)19-9-5-14-23(17-19)21(24)12-11-20-10-6-16-25-20/h2-4,6-8,10,16,19H,5,9,11-15,17H2,1H3/t19-/m1/s1. The van der Waals surface area contributed by atoms with Crippen molar-refractivity contribution >= 4 is 17.2 Å². The van der Waals surface area contributed by atoms with Crippen molar-refractivity contribution in [3.8, 4) is 0 Å². The summed E-state index contributed by atoms with van der Waals surface area (Å²) < 4.78 is 0. The number of likely N-dealkylation sites (N-methyl/N-ethyl adjacent to an activating group) is 1. The van der Waals surface area contributed by atoms with Gasteiger partial charge in [-0.05, 0) is 49.7 Å². The minimum absolute atomic E-state index is 0.314. The summed E-state index contributed by atoms with van der Waals surface area (Å²) in [5.74, 6) is 0.314. The van der Waals surface area contributed by atoms with E-state index in [1.54, 1.807) is 11.3 Å². The number of piperidine rings is 1. The van der Waals surface area contributed by atoms with Gasteiger partial charge in [-0.15, -0.1) is 11.3 Å². The van der Waals surface area contributed by atoms with E-state index in [2.05, 4.69) is 64.7 Å². The van der Waals surface area contributed by atoms with Gasteiger partial charge in [-0.3, -0.25) is 4.79 Å². The van der Waals surface area contributed by atoms with E-state index < -0.39 is 0 Å². The summed E-state index contributed by atoms with van der Waals surface area (Å²) in [5.41, 5.74) is 1.38. The normalized spacial score (nSPS) is 17.8. The molecule has 1 aliphatic rings. The lowest BCUT2D eigenvalue weighted by Crippen LogP contribution is -2.49. The van der Waals surface area contributed by atoms with E-state index in [-0.39, 0.29) is 0 Å². The number of thiophene rings is 1. The molecule has 1 saturated heterocycles. The molecule has 1 aliphatic heterocycles. The molecule has 4 heteroatoms. The Kier molecular flexibility index (Phi) is 6.65. The third kappa shape index (κ3) is 5.41. The molecule has 0 aliphatic carbocycles. The van der Waals surface area contributed by atoms with Gasteiger partial charge in [-0.2, -0.15) is 0 Å². The molecule has 2 aromatic rings. The van der Waals surface area contributed by atoms with E-state index in [1.807, 2.05) is 0 Å². The van der Waals surface area contributed by atoms with Gasteiger partial charge in [0.05, 0.1) is 0 Å². The molecule has 0 radical (unpaired) electrons. The number of hydrogen-bond donors (Lipinski definition) is 0. The summed E-state index contributed by atoms with van der Waals surface area (Å²) in [6.07, 6.45) is 4.90. The fourth-order valence-corrected chi connectivity index (χ4v) is 4.23. The van der Waals surface area contributed by atoms with Gasteiger partial charge in [-0.1, -0.05) is 36.4 Å². The molecule has 1 aromatic heterocycles. The van der Waals surface area contributed by atoms with Crippen LogP contribution >= 0.6 is 11.3 Å². The number of carbonyl (C=O) groups excluding carboxylic acids is 1. The Labute approximate surface area is 155 Å². The molecule has 0 spiro atoms. The molecule has 1 amide bonds. The monoisotopic (exact) mass is 356 g/mol. The van der Waals surface area contributed by atoms with E-state index in [0.717, 1.165) is 38.9 Å². The third-order valence-corrected chi connectivity index (χ3v) is 6.07. The molecule has 1 atom stereocenters. The SMILES string of the molecule is CN(CCc1ccccc1)[C@@H]1CCCN(C(=O)CCc2cccs2)C1. The predicted octanol–water partition coefficient (Wildman–Crippen LogP) is 3.85. The number of aryl methyl sites for hydroxylation is 1. The number of nitrogens with zero attached hydrogens (tertiary/aromatic N) is 2.